The van der Waals surface area contributed by atoms with Crippen LogP contribution in [-0.2, 0) is 11.2 Å². The molecule has 0 aromatic carbocycles. The summed E-state index contributed by atoms with van der Waals surface area (Å²) in [5.41, 5.74) is 0.371. The minimum Gasteiger partial charge on any atom is -0.444 e. The maximum Gasteiger partial charge on any atom is 0.413 e. The van der Waals surface area contributed by atoms with Gasteiger partial charge in [-0.05, 0) is 40.5 Å². The molecule has 1 amide bonds. The number of hydrogen-bond acceptors (Lipinski definition) is 5. The third-order valence-corrected chi connectivity index (χ3v) is 3.20. The zero-order valence-electron chi connectivity index (χ0n) is 11.2. The second kappa shape index (κ2) is 6.15. The van der Waals surface area contributed by atoms with Gasteiger partial charge in [0.05, 0.1) is 5.69 Å². The number of amides is 1. The largest absolute Gasteiger partial charge is 0.444 e. The predicted octanol–water partition coefficient (Wildman–Crippen LogP) is 2.72. The van der Waals surface area contributed by atoms with Crippen LogP contribution in [0, 0.1) is 6.92 Å². The molecule has 6 heteroatoms. The number of nitrogens with one attached hydrogen (secondary N) is 1. The molecule has 1 rings (SSSR count). The van der Waals surface area contributed by atoms with Crippen LogP contribution in [0.25, 0.3) is 0 Å². The van der Waals surface area contributed by atoms with E-state index in [1.165, 1.54) is 11.3 Å². The summed E-state index contributed by atoms with van der Waals surface area (Å²) in [6.45, 7) is 7.49. The number of anilines is 1. The van der Waals surface area contributed by atoms with Crippen LogP contribution >= 0.6 is 11.3 Å². The van der Waals surface area contributed by atoms with E-state index in [2.05, 4.69) is 10.3 Å². The molecule has 0 atom stereocenters. The molecule has 1 heterocycles. The van der Waals surface area contributed by atoms with Gasteiger partial charge in [-0.25, -0.2) is 9.78 Å². The highest BCUT2D eigenvalue weighted by Crippen LogP contribution is 2.24. The Bertz CT molecular complexity index is 410. The summed E-state index contributed by atoms with van der Waals surface area (Å²) in [5.74, 6) is 0. The molecule has 0 aliphatic carbocycles. The number of thiazole rings is 1. The molecule has 1 aromatic heterocycles. The van der Waals surface area contributed by atoms with Gasteiger partial charge in [0.2, 0.25) is 0 Å². The molecule has 18 heavy (non-hydrogen) atoms. The lowest BCUT2D eigenvalue weighted by Crippen LogP contribution is -2.27. The molecule has 0 fully saturated rings. The molecule has 0 aliphatic heterocycles. The molecule has 102 valence electrons. The summed E-state index contributed by atoms with van der Waals surface area (Å²) in [6, 6.07) is 0. The molecule has 0 spiro atoms. The molecule has 0 saturated heterocycles. The lowest BCUT2D eigenvalue weighted by Gasteiger charge is -2.18. The van der Waals surface area contributed by atoms with Crippen LogP contribution < -0.4 is 5.32 Å². The smallest absolute Gasteiger partial charge is 0.413 e. The Kier molecular flexibility index (Phi) is 5.10. The highest BCUT2D eigenvalue weighted by molar-refractivity contribution is 7.15. The third-order valence-electron chi connectivity index (χ3n) is 2.06. The van der Waals surface area contributed by atoms with Crippen molar-refractivity contribution in [2.45, 2.75) is 46.1 Å². The van der Waals surface area contributed by atoms with Crippen molar-refractivity contribution in [3.8, 4) is 0 Å². The van der Waals surface area contributed by atoms with Gasteiger partial charge in [-0.2, -0.15) is 0 Å². The summed E-state index contributed by atoms with van der Waals surface area (Å²) >= 11 is 1.42. The van der Waals surface area contributed by atoms with Gasteiger partial charge in [-0.15, -0.1) is 11.3 Å². The number of aromatic nitrogens is 1. The summed E-state index contributed by atoms with van der Waals surface area (Å²) < 4.78 is 5.15. The number of aliphatic hydroxyl groups is 1. The normalized spacial score (nSPS) is 11.4. The number of nitrogens with zero attached hydrogens (tertiary/aromatic N) is 1. The van der Waals surface area contributed by atoms with Crippen molar-refractivity contribution < 1.29 is 14.6 Å². The van der Waals surface area contributed by atoms with E-state index >= 15 is 0 Å². The van der Waals surface area contributed by atoms with Gasteiger partial charge in [0, 0.05) is 11.5 Å². The van der Waals surface area contributed by atoms with Crippen molar-refractivity contribution >= 4 is 22.6 Å². The van der Waals surface area contributed by atoms with Gasteiger partial charge in [-0.1, -0.05) is 0 Å². The molecule has 0 bridgehead atoms. The second-order valence-corrected chi connectivity index (χ2v) is 6.07. The zero-order valence-corrected chi connectivity index (χ0v) is 12.1. The van der Waals surface area contributed by atoms with Crippen molar-refractivity contribution in [1.82, 2.24) is 4.98 Å². The first kappa shape index (κ1) is 14.9. The number of rotatable bonds is 4. The van der Waals surface area contributed by atoms with E-state index < -0.39 is 11.7 Å². The van der Waals surface area contributed by atoms with E-state index in [9.17, 15) is 4.79 Å². The predicted molar refractivity (Wildman–Crippen MR) is 72.1 cm³/mol. The SMILES string of the molecule is Cc1nc(NC(=O)OC(C)(C)C)sc1CCCO. The third kappa shape index (κ3) is 5.01. The topological polar surface area (TPSA) is 71.5 Å². The lowest BCUT2D eigenvalue weighted by atomic mass is 10.2. The Labute approximate surface area is 111 Å². The van der Waals surface area contributed by atoms with Gasteiger partial charge in [0.15, 0.2) is 5.13 Å². The Morgan fingerprint density at radius 3 is 2.72 bits per heavy atom. The first-order chi connectivity index (χ1) is 8.31. The van der Waals surface area contributed by atoms with E-state index in [4.69, 9.17) is 9.84 Å². The Morgan fingerprint density at radius 1 is 1.50 bits per heavy atom. The molecule has 0 unspecified atom stereocenters. The Morgan fingerprint density at radius 2 is 2.17 bits per heavy atom. The van der Waals surface area contributed by atoms with Gasteiger partial charge in [0.25, 0.3) is 0 Å². The van der Waals surface area contributed by atoms with Crippen LogP contribution in [0.15, 0.2) is 0 Å². The zero-order chi connectivity index (χ0) is 13.8. The van der Waals surface area contributed by atoms with Crippen LogP contribution in [0.2, 0.25) is 0 Å². The molecular weight excluding hydrogens is 252 g/mol. The summed E-state index contributed by atoms with van der Waals surface area (Å²) in [7, 11) is 0. The number of carbonyl (C=O) groups is 1. The first-order valence-corrected chi connectivity index (χ1v) is 6.70. The number of aliphatic hydroxyl groups excluding tert-OH is 1. The van der Waals surface area contributed by atoms with Crippen molar-refractivity contribution in [2.75, 3.05) is 11.9 Å². The molecule has 5 nitrogen and oxygen atoms in total. The molecule has 0 aliphatic rings. The molecule has 1 aromatic rings. The van der Waals surface area contributed by atoms with Crippen LogP contribution in [0.5, 0.6) is 0 Å². The molecular formula is C12H20N2O3S. The quantitative estimate of drug-likeness (QED) is 0.884. The number of carbonyl (C=O) groups excluding carboxylic acids is 1. The fourth-order valence-corrected chi connectivity index (χ4v) is 2.33. The summed E-state index contributed by atoms with van der Waals surface area (Å²) in [5, 5.41) is 11.9. The molecule has 0 saturated carbocycles. The lowest BCUT2D eigenvalue weighted by molar-refractivity contribution is 0.0636. The van der Waals surface area contributed by atoms with E-state index in [0.29, 0.717) is 11.6 Å². The summed E-state index contributed by atoms with van der Waals surface area (Å²) in [6.07, 6.45) is 0.982. The van der Waals surface area contributed by atoms with Crippen LogP contribution in [0.4, 0.5) is 9.93 Å². The van der Waals surface area contributed by atoms with Crippen molar-refractivity contribution in [3.63, 3.8) is 0 Å². The number of aryl methyl sites for hydroxylation is 2. The average Bonchev–Trinajstić information content (AvgIpc) is 2.52. The van der Waals surface area contributed by atoms with Gasteiger partial charge < -0.3 is 9.84 Å². The molecule has 0 radical (unpaired) electrons. The van der Waals surface area contributed by atoms with Crippen LogP contribution in [0.1, 0.15) is 37.8 Å². The van der Waals surface area contributed by atoms with Crippen molar-refractivity contribution in [2.24, 2.45) is 0 Å². The van der Waals surface area contributed by atoms with Crippen molar-refractivity contribution in [3.05, 3.63) is 10.6 Å². The van der Waals surface area contributed by atoms with Crippen LogP contribution in [0.3, 0.4) is 0 Å². The monoisotopic (exact) mass is 272 g/mol. The van der Waals surface area contributed by atoms with Gasteiger partial charge >= 0.3 is 6.09 Å². The Hall–Kier alpha value is -1.14. The van der Waals surface area contributed by atoms with E-state index in [0.717, 1.165) is 17.0 Å². The van der Waals surface area contributed by atoms with Gasteiger partial charge in [0.1, 0.15) is 5.60 Å². The minimum absolute atomic E-state index is 0.159. The van der Waals surface area contributed by atoms with E-state index in [1.807, 2.05) is 27.7 Å². The maximum atomic E-state index is 11.6. The Balaban J connectivity index is 2.60. The maximum absolute atomic E-state index is 11.6. The minimum atomic E-state index is -0.518. The highest BCUT2D eigenvalue weighted by atomic mass is 32.1. The van der Waals surface area contributed by atoms with Crippen LogP contribution in [-0.4, -0.2) is 28.4 Å². The second-order valence-electron chi connectivity index (χ2n) is 4.98. The fourth-order valence-electron chi connectivity index (χ4n) is 1.34. The average molecular weight is 272 g/mol. The molecule has 2 N–H and O–H groups in total. The number of hydrogen-bond donors (Lipinski definition) is 2. The fraction of sp³-hybridized carbons (Fsp3) is 0.667. The standard InChI is InChI=1S/C12H20N2O3S/c1-8-9(6-5-7-15)18-10(13-8)14-11(16)17-12(2,3)4/h15H,5-7H2,1-4H3,(H,13,14,16). The highest BCUT2D eigenvalue weighted by Gasteiger charge is 2.17. The summed E-state index contributed by atoms with van der Waals surface area (Å²) in [4.78, 5) is 16.9. The first-order valence-electron chi connectivity index (χ1n) is 5.89. The van der Waals surface area contributed by atoms with E-state index in [1.54, 1.807) is 0 Å². The van der Waals surface area contributed by atoms with Gasteiger partial charge in [-0.3, -0.25) is 5.32 Å². The van der Waals surface area contributed by atoms with E-state index in [-0.39, 0.29) is 6.61 Å². The number of ether oxygens (including phenoxy) is 1. The van der Waals surface area contributed by atoms with Crippen molar-refractivity contribution in [1.29, 1.82) is 0 Å².